The van der Waals surface area contributed by atoms with E-state index in [1.807, 2.05) is 5.48 Å². The van der Waals surface area contributed by atoms with E-state index in [0.717, 1.165) is 0 Å². The molecule has 0 saturated heterocycles. The number of nitro benzene ring substituents is 1. The van der Waals surface area contributed by atoms with Gasteiger partial charge in [0.15, 0.2) is 0 Å². The first kappa shape index (κ1) is 11.6. The van der Waals surface area contributed by atoms with Crippen molar-refractivity contribution in [1.82, 2.24) is 0 Å². The molecule has 15 heavy (non-hydrogen) atoms. The van der Waals surface area contributed by atoms with E-state index in [-0.39, 0.29) is 11.4 Å². The predicted molar refractivity (Wildman–Crippen MR) is 49.8 cm³/mol. The minimum absolute atomic E-state index is 0.128. The Morgan fingerprint density at radius 3 is 2.27 bits per heavy atom. The van der Waals surface area contributed by atoms with Crippen LogP contribution >= 0.6 is 7.82 Å². The van der Waals surface area contributed by atoms with Crippen LogP contribution in [0, 0.1) is 10.1 Å². The van der Waals surface area contributed by atoms with Crippen molar-refractivity contribution in [2.45, 2.75) is 0 Å². The Morgan fingerprint density at radius 2 is 1.87 bits per heavy atom. The van der Waals surface area contributed by atoms with Crippen LogP contribution in [0.15, 0.2) is 24.3 Å². The smallest absolute Gasteiger partial charge is 0.301 e. The molecule has 0 saturated carbocycles. The lowest BCUT2D eigenvalue weighted by molar-refractivity contribution is -0.384. The van der Waals surface area contributed by atoms with Gasteiger partial charge in [-0.3, -0.25) is 15.6 Å². The maximum absolute atomic E-state index is 10.3. The summed E-state index contributed by atoms with van der Waals surface area (Å²) in [4.78, 5) is 26.3. The highest BCUT2D eigenvalue weighted by Gasteiger charge is 2.14. The van der Waals surface area contributed by atoms with Crippen LogP contribution in [0.5, 0.6) is 0 Å². The van der Waals surface area contributed by atoms with Crippen molar-refractivity contribution >= 4 is 19.2 Å². The summed E-state index contributed by atoms with van der Waals surface area (Å²) >= 11 is 0. The van der Waals surface area contributed by atoms with Crippen LogP contribution < -0.4 is 5.48 Å². The molecule has 0 aliphatic heterocycles. The summed E-state index contributed by atoms with van der Waals surface area (Å²) in [6.45, 7) is 0. The second kappa shape index (κ2) is 4.37. The summed E-state index contributed by atoms with van der Waals surface area (Å²) in [5.41, 5.74) is 2.04. The predicted octanol–water partition coefficient (Wildman–Crippen LogP) is 1.03. The molecule has 1 aromatic rings. The SMILES string of the molecule is O=[N+]([O-])c1ccc(NOP(=O)(O)O)cc1. The third kappa shape index (κ3) is 4.05. The van der Waals surface area contributed by atoms with Gasteiger partial charge in [-0.25, -0.2) is 4.57 Å². The van der Waals surface area contributed by atoms with Gasteiger partial charge in [0, 0.05) is 12.1 Å². The Hall–Kier alpha value is -1.47. The van der Waals surface area contributed by atoms with Gasteiger partial charge in [0.25, 0.3) is 5.69 Å². The van der Waals surface area contributed by atoms with E-state index in [1.54, 1.807) is 0 Å². The average molecular weight is 234 g/mol. The maximum atomic E-state index is 10.3. The van der Waals surface area contributed by atoms with Gasteiger partial charge in [0.05, 0.1) is 10.6 Å². The summed E-state index contributed by atoms with van der Waals surface area (Å²) in [5.74, 6) is 0. The minimum atomic E-state index is -4.61. The zero-order chi connectivity index (χ0) is 11.5. The second-order valence-corrected chi connectivity index (χ2v) is 3.65. The van der Waals surface area contributed by atoms with Crippen molar-refractivity contribution in [3.8, 4) is 0 Å². The van der Waals surface area contributed by atoms with Crippen LogP contribution in [0.3, 0.4) is 0 Å². The molecule has 0 spiro atoms. The first-order valence-electron chi connectivity index (χ1n) is 3.63. The highest BCUT2D eigenvalue weighted by atomic mass is 31.2. The fourth-order valence-electron chi connectivity index (χ4n) is 0.763. The molecular weight excluding hydrogens is 227 g/mol. The van der Waals surface area contributed by atoms with Gasteiger partial charge in [-0.05, 0) is 12.1 Å². The Balaban J connectivity index is 2.65. The van der Waals surface area contributed by atoms with E-state index in [9.17, 15) is 14.7 Å². The number of hydrogen-bond acceptors (Lipinski definition) is 5. The number of nitro groups is 1. The summed E-state index contributed by atoms with van der Waals surface area (Å²) in [6, 6.07) is 4.86. The highest BCUT2D eigenvalue weighted by molar-refractivity contribution is 7.46. The molecule has 0 aliphatic carbocycles. The Labute approximate surface area is 83.8 Å². The molecule has 0 aliphatic rings. The van der Waals surface area contributed by atoms with Crippen molar-refractivity contribution in [3.05, 3.63) is 34.4 Å². The number of phosphoric acid groups is 1. The lowest BCUT2D eigenvalue weighted by Gasteiger charge is -2.06. The zero-order valence-corrected chi connectivity index (χ0v) is 8.13. The van der Waals surface area contributed by atoms with Gasteiger partial charge >= 0.3 is 7.82 Å². The maximum Gasteiger partial charge on any atom is 0.491 e. The van der Waals surface area contributed by atoms with Crippen molar-refractivity contribution < 1.29 is 23.9 Å². The third-order valence-electron chi connectivity index (χ3n) is 1.36. The summed E-state index contributed by atoms with van der Waals surface area (Å²) in [6.07, 6.45) is 0. The van der Waals surface area contributed by atoms with Crippen LogP contribution in [-0.2, 0) is 9.19 Å². The van der Waals surface area contributed by atoms with Gasteiger partial charge < -0.3 is 9.79 Å². The van der Waals surface area contributed by atoms with Gasteiger partial charge in [-0.1, -0.05) is 0 Å². The molecule has 1 rings (SSSR count). The Morgan fingerprint density at radius 1 is 1.33 bits per heavy atom. The van der Waals surface area contributed by atoms with Crippen LogP contribution in [-0.4, -0.2) is 14.7 Å². The lowest BCUT2D eigenvalue weighted by Crippen LogP contribution is -1.98. The van der Waals surface area contributed by atoms with E-state index < -0.39 is 12.7 Å². The van der Waals surface area contributed by atoms with Gasteiger partial charge in [-0.2, -0.15) is 4.62 Å². The normalized spacial score (nSPS) is 11.1. The molecule has 82 valence electrons. The van der Waals surface area contributed by atoms with E-state index in [4.69, 9.17) is 9.79 Å². The number of hydrogen-bond donors (Lipinski definition) is 3. The third-order valence-corrected chi connectivity index (χ3v) is 1.69. The number of non-ortho nitro benzene ring substituents is 1. The molecule has 0 aromatic heterocycles. The van der Waals surface area contributed by atoms with E-state index >= 15 is 0 Å². The van der Waals surface area contributed by atoms with E-state index in [0.29, 0.717) is 0 Å². The minimum Gasteiger partial charge on any atom is -0.301 e. The van der Waals surface area contributed by atoms with E-state index in [2.05, 4.69) is 4.62 Å². The van der Waals surface area contributed by atoms with Crippen LogP contribution in [0.25, 0.3) is 0 Å². The van der Waals surface area contributed by atoms with Crippen molar-refractivity contribution in [2.24, 2.45) is 0 Å². The van der Waals surface area contributed by atoms with Crippen molar-refractivity contribution in [3.63, 3.8) is 0 Å². The monoisotopic (exact) mass is 234 g/mol. The van der Waals surface area contributed by atoms with Gasteiger partial charge in [0.1, 0.15) is 0 Å². The van der Waals surface area contributed by atoms with Crippen LogP contribution in [0.2, 0.25) is 0 Å². The highest BCUT2D eigenvalue weighted by Crippen LogP contribution is 2.35. The van der Waals surface area contributed by atoms with E-state index in [1.165, 1.54) is 24.3 Å². The first-order valence-corrected chi connectivity index (χ1v) is 5.16. The number of rotatable bonds is 4. The number of benzene rings is 1. The molecule has 9 heteroatoms. The lowest BCUT2D eigenvalue weighted by atomic mass is 10.3. The molecule has 0 atom stereocenters. The summed E-state index contributed by atoms with van der Waals surface area (Å²) in [5, 5.41) is 10.3. The summed E-state index contributed by atoms with van der Waals surface area (Å²) < 4.78 is 14.2. The van der Waals surface area contributed by atoms with Gasteiger partial charge in [-0.15, -0.1) is 0 Å². The zero-order valence-electron chi connectivity index (χ0n) is 7.23. The summed E-state index contributed by atoms with van der Waals surface area (Å²) in [7, 11) is -4.61. The number of nitrogens with one attached hydrogen (secondary N) is 1. The molecule has 0 unspecified atom stereocenters. The molecular formula is C6H7N2O6P. The quantitative estimate of drug-likeness (QED) is 0.404. The van der Waals surface area contributed by atoms with Crippen molar-refractivity contribution in [1.29, 1.82) is 0 Å². The second-order valence-electron chi connectivity index (χ2n) is 2.49. The molecule has 0 bridgehead atoms. The number of anilines is 1. The molecule has 8 nitrogen and oxygen atoms in total. The standard InChI is InChI=1S/C6H7N2O6P/c9-8(10)6-3-1-5(2-4-6)7-14-15(11,12)13/h1-4,7H,(H2,11,12,13). The van der Waals surface area contributed by atoms with Crippen LogP contribution in [0.4, 0.5) is 11.4 Å². The number of nitrogens with zero attached hydrogens (tertiary/aromatic N) is 1. The molecule has 0 amide bonds. The average Bonchev–Trinajstić information content (AvgIpc) is 2.14. The molecule has 3 N–H and O–H groups in total. The molecule has 0 radical (unpaired) electrons. The first-order chi connectivity index (χ1) is 6.88. The Kier molecular flexibility index (Phi) is 3.38. The van der Waals surface area contributed by atoms with Crippen molar-refractivity contribution in [2.75, 3.05) is 5.48 Å². The fraction of sp³-hybridized carbons (Fsp3) is 0. The van der Waals surface area contributed by atoms with Crippen LogP contribution in [0.1, 0.15) is 0 Å². The fourth-order valence-corrected chi connectivity index (χ4v) is 0.988. The molecule has 0 fully saturated rings. The molecule has 1 aromatic carbocycles. The largest absolute Gasteiger partial charge is 0.491 e. The van der Waals surface area contributed by atoms with Gasteiger partial charge in [0.2, 0.25) is 0 Å². The topological polar surface area (TPSA) is 122 Å². The molecule has 0 heterocycles. The Bertz CT molecular complexity index is 399.